The fourth-order valence-electron chi connectivity index (χ4n) is 5.09. The summed E-state index contributed by atoms with van der Waals surface area (Å²) in [4.78, 5) is 22.9. The smallest absolute Gasteiger partial charge is 0.326 e. The molecule has 0 radical (unpaired) electrons. The van der Waals surface area contributed by atoms with Gasteiger partial charge in [-0.2, -0.15) is 5.10 Å². The maximum atomic E-state index is 13.0. The molecule has 1 fully saturated rings. The first kappa shape index (κ1) is 20.8. The van der Waals surface area contributed by atoms with Crippen molar-refractivity contribution >= 4 is 16.7 Å². The Morgan fingerprint density at radius 2 is 2.12 bits per heavy atom. The van der Waals surface area contributed by atoms with Crippen molar-refractivity contribution in [3.8, 4) is 16.9 Å². The number of aromatic nitrogens is 5. The number of hydrogen-bond acceptors (Lipinski definition) is 5. The molecule has 32 heavy (non-hydrogen) atoms. The number of nitrogens with zero attached hydrogens (tertiary/aromatic N) is 5. The molecule has 168 valence electrons. The molecule has 1 aromatic carbocycles. The van der Waals surface area contributed by atoms with Gasteiger partial charge < -0.3 is 14.6 Å². The Morgan fingerprint density at radius 1 is 1.25 bits per heavy atom. The van der Waals surface area contributed by atoms with E-state index in [1.165, 1.54) is 11.9 Å². The van der Waals surface area contributed by atoms with Crippen molar-refractivity contribution < 1.29 is 4.74 Å². The number of pyridine rings is 1. The molecule has 4 aromatic rings. The third-order valence-electron chi connectivity index (χ3n) is 6.58. The number of ether oxygens (including phenoxy) is 1. The summed E-state index contributed by atoms with van der Waals surface area (Å²) in [5.41, 5.74) is 5.77. The lowest BCUT2D eigenvalue weighted by Gasteiger charge is -2.33. The zero-order chi connectivity index (χ0) is 22.2. The number of fused-ring (bicyclic) bond motifs is 2. The van der Waals surface area contributed by atoms with Gasteiger partial charge in [0.15, 0.2) is 11.4 Å². The van der Waals surface area contributed by atoms with Gasteiger partial charge in [0.1, 0.15) is 6.33 Å². The fraction of sp³-hybridized carbons (Fsp3) is 0.458. The molecular formula is C24H30N6O2. The second kappa shape index (κ2) is 8.43. The summed E-state index contributed by atoms with van der Waals surface area (Å²) in [6.07, 6.45) is 7.64. The number of aromatic amines is 1. The molecule has 0 aliphatic carbocycles. The lowest BCUT2D eigenvalue weighted by molar-refractivity contribution is 0.178. The summed E-state index contributed by atoms with van der Waals surface area (Å²) in [7, 11) is 1.64. The minimum Gasteiger partial charge on any atom is -0.493 e. The number of aryl methyl sites for hydroxylation is 1. The summed E-state index contributed by atoms with van der Waals surface area (Å²) in [6, 6.07) is 6.47. The zero-order valence-corrected chi connectivity index (χ0v) is 19.0. The van der Waals surface area contributed by atoms with Gasteiger partial charge >= 0.3 is 5.69 Å². The fourth-order valence-corrected chi connectivity index (χ4v) is 5.09. The van der Waals surface area contributed by atoms with E-state index >= 15 is 0 Å². The van der Waals surface area contributed by atoms with Crippen molar-refractivity contribution in [2.24, 2.45) is 0 Å². The highest BCUT2D eigenvalue weighted by atomic mass is 16.5. The van der Waals surface area contributed by atoms with Crippen molar-refractivity contribution in [1.29, 1.82) is 0 Å². The van der Waals surface area contributed by atoms with Gasteiger partial charge in [-0.1, -0.05) is 13.8 Å². The summed E-state index contributed by atoms with van der Waals surface area (Å²) < 4.78 is 9.27. The Balaban J connectivity index is 1.62. The molecule has 0 bridgehead atoms. The van der Waals surface area contributed by atoms with Gasteiger partial charge in [-0.05, 0) is 68.1 Å². The van der Waals surface area contributed by atoms with E-state index in [0.717, 1.165) is 67.5 Å². The lowest BCUT2D eigenvalue weighted by Crippen LogP contribution is -2.39. The third-order valence-corrected chi connectivity index (χ3v) is 6.58. The molecule has 1 N–H and O–H groups in total. The van der Waals surface area contributed by atoms with Gasteiger partial charge in [0.25, 0.3) is 0 Å². The number of imidazole rings is 1. The van der Waals surface area contributed by atoms with E-state index in [2.05, 4.69) is 45.9 Å². The number of piperidine rings is 1. The molecule has 0 spiro atoms. The molecule has 8 nitrogen and oxygen atoms in total. The van der Waals surface area contributed by atoms with E-state index in [4.69, 9.17) is 4.74 Å². The largest absolute Gasteiger partial charge is 0.493 e. The molecular weight excluding hydrogens is 404 g/mol. The first-order valence-electron chi connectivity index (χ1n) is 11.5. The lowest BCUT2D eigenvalue weighted by atomic mass is 9.97. The number of hydrogen-bond donors (Lipinski definition) is 1. The molecule has 3 aromatic heterocycles. The quantitative estimate of drug-likeness (QED) is 0.501. The van der Waals surface area contributed by atoms with Crippen LogP contribution in [-0.4, -0.2) is 55.8 Å². The van der Waals surface area contributed by atoms with E-state index < -0.39 is 0 Å². The van der Waals surface area contributed by atoms with Crippen molar-refractivity contribution in [1.82, 2.24) is 29.0 Å². The monoisotopic (exact) mass is 434 g/mol. The van der Waals surface area contributed by atoms with Crippen LogP contribution in [0.2, 0.25) is 0 Å². The van der Waals surface area contributed by atoms with Crippen LogP contribution >= 0.6 is 0 Å². The molecule has 0 amide bonds. The van der Waals surface area contributed by atoms with Crippen LogP contribution in [0.15, 0.2) is 35.5 Å². The summed E-state index contributed by atoms with van der Waals surface area (Å²) in [5.74, 6) is 0.673. The van der Waals surface area contributed by atoms with E-state index in [0.29, 0.717) is 11.4 Å². The predicted octanol–water partition coefficient (Wildman–Crippen LogP) is 3.66. The summed E-state index contributed by atoms with van der Waals surface area (Å²) in [6.45, 7) is 7.50. The Kier molecular flexibility index (Phi) is 5.46. The zero-order valence-electron chi connectivity index (χ0n) is 19.0. The van der Waals surface area contributed by atoms with E-state index in [1.807, 2.05) is 16.8 Å². The molecule has 1 aliphatic heterocycles. The van der Waals surface area contributed by atoms with Crippen molar-refractivity contribution in [2.45, 2.75) is 45.6 Å². The van der Waals surface area contributed by atoms with Crippen LogP contribution in [0.5, 0.6) is 5.75 Å². The highest BCUT2D eigenvalue weighted by Crippen LogP contribution is 2.33. The van der Waals surface area contributed by atoms with Gasteiger partial charge in [-0.3, -0.25) is 4.57 Å². The molecule has 0 unspecified atom stereocenters. The number of H-pyrrole nitrogens is 1. The predicted molar refractivity (Wildman–Crippen MR) is 125 cm³/mol. The molecule has 1 saturated heterocycles. The van der Waals surface area contributed by atoms with Gasteiger partial charge in [-0.15, -0.1) is 0 Å². The molecule has 1 atom stereocenters. The maximum Gasteiger partial charge on any atom is 0.326 e. The number of rotatable bonds is 6. The van der Waals surface area contributed by atoms with Gasteiger partial charge in [0, 0.05) is 18.3 Å². The number of methoxy groups -OCH3 is 1. The molecule has 8 heteroatoms. The van der Waals surface area contributed by atoms with Crippen LogP contribution in [0.25, 0.3) is 27.8 Å². The van der Waals surface area contributed by atoms with Crippen molar-refractivity contribution in [3.05, 3.63) is 46.8 Å². The van der Waals surface area contributed by atoms with E-state index in [1.54, 1.807) is 11.6 Å². The first-order chi connectivity index (χ1) is 15.6. The molecule has 0 saturated carbocycles. The normalized spacial score (nSPS) is 17.4. The van der Waals surface area contributed by atoms with Gasteiger partial charge in [0.2, 0.25) is 0 Å². The van der Waals surface area contributed by atoms with Crippen LogP contribution in [0.3, 0.4) is 0 Å². The van der Waals surface area contributed by atoms with Crippen LogP contribution < -0.4 is 10.4 Å². The number of nitrogens with one attached hydrogen (secondary N) is 1. The minimum absolute atomic E-state index is 0.0214. The highest BCUT2D eigenvalue weighted by molar-refractivity contribution is 5.85. The first-order valence-corrected chi connectivity index (χ1v) is 11.5. The molecule has 1 aliphatic rings. The third kappa shape index (κ3) is 3.48. The van der Waals surface area contributed by atoms with Crippen LogP contribution in [-0.2, 0) is 6.42 Å². The van der Waals surface area contributed by atoms with Crippen molar-refractivity contribution in [2.75, 3.05) is 26.7 Å². The maximum absolute atomic E-state index is 13.0. The Bertz CT molecular complexity index is 1320. The van der Waals surface area contributed by atoms with Crippen molar-refractivity contribution in [3.63, 3.8) is 0 Å². The molecule has 5 rings (SSSR count). The van der Waals surface area contributed by atoms with E-state index in [-0.39, 0.29) is 11.7 Å². The number of benzene rings is 1. The van der Waals surface area contributed by atoms with Gasteiger partial charge in [0.05, 0.1) is 24.2 Å². The molecule has 4 heterocycles. The van der Waals surface area contributed by atoms with Crippen LogP contribution in [0.1, 0.15) is 44.7 Å². The Hall–Kier alpha value is -3.13. The Morgan fingerprint density at radius 3 is 2.91 bits per heavy atom. The average molecular weight is 435 g/mol. The summed E-state index contributed by atoms with van der Waals surface area (Å²) in [5, 5.41) is 4.29. The van der Waals surface area contributed by atoms with E-state index in [9.17, 15) is 4.79 Å². The SMILES string of the molecule is CCCN1CCC[C@@H](n2c(=O)[nH]c3cc(-c4cc(OC)c5ncnn5c4)c(CC)cc32)C1. The standard InChI is InChI=1S/C24H30N6O2/c1-4-8-28-9-6-7-18(14-28)30-21-10-16(5-2)19(12-20(21)27-24(30)31)17-11-22(32-3)23-25-15-26-29(23)13-17/h10-13,15,18H,4-9,14H2,1-3H3,(H,27,31)/t18-/m1/s1. The van der Waals surface area contributed by atoms with Gasteiger partial charge in [-0.25, -0.2) is 14.3 Å². The summed E-state index contributed by atoms with van der Waals surface area (Å²) >= 11 is 0. The Labute approximate surface area is 186 Å². The minimum atomic E-state index is -0.0214. The average Bonchev–Trinajstić information content (AvgIpc) is 3.40. The number of likely N-dealkylation sites (tertiary alicyclic amines) is 1. The second-order valence-corrected chi connectivity index (χ2v) is 8.60. The topological polar surface area (TPSA) is 80.5 Å². The highest BCUT2D eigenvalue weighted by Gasteiger charge is 2.24. The van der Waals surface area contributed by atoms with Crippen LogP contribution in [0, 0.1) is 0 Å². The second-order valence-electron chi connectivity index (χ2n) is 8.60. The van der Waals surface area contributed by atoms with Crippen LogP contribution in [0.4, 0.5) is 0 Å².